The van der Waals surface area contributed by atoms with Crippen molar-refractivity contribution in [1.82, 2.24) is 10.6 Å². The monoisotopic (exact) mass is 501 g/mol. The Balaban J connectivity index is 0.00000392. The number of aliphatic imine (C=N–C) groups is 1. The number of nitrogens with one attached hydrogen (secondary N) is 2. The van der Waals surface area contributed by atoms with E-state index >= 15 is 0 Å². The zero-order chi connectivity index (χ0) is 19.5. The Morgan fingerprint density at radius 3 is 2.32 bits per heavy atom. The molecule has 0 aromatic heterocycles. The Hall–Kier alpha value is -2.03. The first-order valence-electron chi connectivity index (χ1n) is 9.06. The molecule has 0 atom stereocenters. The maximum atomic E-state index is 13.2. The van der Waals surface area contributed by atoms with Gasteiger partial charge in [0, 0.05) is 20.1 Å². The average Bonchev–Trinajstić information content (AvgIpc) is 2.69. The van der Waals surface area contributed by atoms with Crippen LogP contribution in [-0.2, 0) is 12.8 Å². The second kappa shape index (κ2) is 13.2. The summed E-state index contributed by atoms with van der Waals surface area (Å²) in [4.78, 5) is 4.22. The third-order valence-electron chi connectivity index (χ3n) is 4.20. The summed E-state index contributed by atoms with van der Waals surface area (Å²) >= 11 is 0. The fourth-order valence-corrected chi connectivity index (χ4v) is 2.77. The van der Waals surface area contributed by atoms with E-state index in [-0.39, 0.29) is 29.8 Å². The molecule has 2 rings (SSSR count). The van der Waals surface area contributed by atoms with Crippen molar-refractivity contribution in [2.24, 2.45) is 4.99 Å². The first kappa shape index (κ1) is 24.0. The van der Waals surface area contributed by atoms with Crippen LogP contribution in [0.1, 0.15) is 17.5 Å². The van der Waals surface area contributed by atoms with Crippen molar-refractivity contribution in [1.29, 1.82) is 0 Å². The van der Waals surface area contributed by atoms with Gasteiger partial charge in [0.05, 0.1) is 14.2 Å². The maximum Gasteiger partial charge on any atom is 0.190 e. The number of rotatable bonds is 9. The van der Waals surface area contributed by atoms with Gasteiger partial charge in [-0.3, -0.25) is 4.99 Å². The van der Waals surface area contributed by atoms with Crippen molar-refractivity contribution < 1.29 is 13.9 Å². The number of methoxy groups -OCH3 is 2. The van der Waals surface area contributed by atoms with E-state index in [2.05, 4.69) is 15.6 Å². The lowest BCUT2D eigenvalue weighted by atomic mass is 10.1. The van der Waals surface area contributed by atoms with Crippen molar-refractivity contribution in [3.8, 4) is 11.5 Å². The minimum Gasteiger partial charge on any atom is -0.493 e. The average molecular weight is 501 g/mol. The van der Waals surface area contributed by atoms with E-state index in [0.29, 0.717) is 6.54 Å². The van der Waals surface area contributed by atoms with Crippen molar-refractivity contribution in [2.75, 3.05) is 34.4 Å². The summed E-state index contributed by atoms with van der Waals surface area (Å²) < 4.78 is 23.8. The highest BCUT2D eigenvalue weighted by atomic mass is 127. The Morgan fingerprint density at radius 1 is 0.929 bits per heavy atom. The summed E-state index contributed by atoms with van der Waals surface area (Å²) in [5, 5.41) is 6.55. The van der Waals surface area contributed by atoms with Crippen LogP contribution < -0.4 is 20.1 Å². The molecule has 2 aromatic carbocycles. The van der Waals surface area contributed by atoms with Gasteiger partial charge in [-0.05, 0) is 54.7 Å². The quantitative estimate of drug-likeness (QED) is 0.238. The number of nitrogens with zero attached hydrogens (tertiary/aromatic N) is 1. The lowest BCUT2D eigenvalue weighted by molar-refractivity contribution is 0.354. The van der Waals surface area contributed by atoms with Crippen LogP contribution in [0.25, 0.3) is 0 Å². The predicted octanol–water partition coefficient (Wildman–Crippen LogP) is 3.80. The Kier molecular flexibility index (Phi) is 11.3. The highest BCUT2D eigenvalue weighted by Gasteiger charge is 2.05. The summed E-state index contributed by atoms with van der Waals surface area (Å²) in [5.41, 5.74) is 2.16. The van der Waals surface area contributed by atoms with Gasteiger partial charge in [0.15, 0.2) is 17.5 Å². The fourth-order valence-electron chi connectivity index (χ4n) is 2.77. The van der Waals surface area contributed by atoms with Crippen LogP contribution >= 0.6 is 24.0 Å². The smallest absolute Gasteiger partial charge is 0.190 e. The molecule has 0 aliphatic carbocycles. The van der Waals surface area contributed by atoms with Crippen LogP contribution in [0, 0.1) is 5.82 Å². The normalized spacial score (nSPS) is 10.8. The van der Waals surface area contributed by atoms with E-state index in [1.165, 1.54) is 11.6 Å². The van der Waals surface area contributed by atoms with Crippen LogP contribution in [0.15, 0.2) is 47.5 Å². The molecule has 0 saturated carbocycles. The topological polar surface area (TPSA) is 54.9 Å². The van der Waals surface area contributed by atoms with Crippen LogP contribution in [0.2, 0.25) is 0 Å². The molecule has 0 saturated heterocycles. The molecule has 154 valence electrons. The molecular formula is C21H29FIN3O2. The number of guanidine groups is 1. The van der Waals surface area contributed by atoms with Crippen LogP contribution in [0.5, 0.6) is 11.5 Å². The third-order valence-corrected chi connectivity index (χ3v) is 4.20. The zero-order valence-corrected chi connectivity index (χ0v) is 19.0. The molecule has 7 heteroatoms. The summed E-state index contributed by atoms with van der Waals surface area (Å²) in [6, 6.07) is 12.6. The Morgan fingerprint density at radius 2 is 1.64 bits per heavy atom. The van der Waals surface area contributed by atoms with E-state index < -0.39 is 0 Å². The first-order valence-corrected chi connectivity index (χ1v) is 9.06. The van der Waals surface area contributed by atoms with Crippen LogP contribution in [0.4, 0.5) is 4.39 Å². The Labute approximate surface area is 183 Å². The van der Waals surface area contributed by atoms with Crippen molar-refractivity contribution in [3.63, 3.8) is 0 Å². The fraction of sp³-hybridized carbons (Fsp3) is 0.381. The second-order valence-electron chi connectivity index (χ2n) is 6.10. The van der Waals surface area contributed by atoms with Crippen molar-refractivity contribution >= 4 is 29.9 Å². The molecule has 0 aliphatic heterocycles. The summed E-state index contributed by atoms with van der Waals surface area (Å²) in [6.07, 6.45) is 2.62. The lowest BCUT2D eigenvalue weighted by Crippen LogP contribution is -2.38. The molecule has 0 aliphatic rings. The molecule has 0 spiro atoms. The first-order chi connectivity index (χ1) is 13.2. The molecule has 0 amide bonds. The van der Waals surface area contributed by atoms with Gasteiger partial charge in [0.2, 0.25) is 0 Å². The number of aryl methyl sites for hydroxylation is 1. The molecule has 2 N–H and O–H groups in total. The third kappa shape index (κ3) is 7.92. The summed E-state index contributed by atoms with van der Waals surface area (Å²) in [7, 11) is 5.02. The van der Waals surface area contributed by atoms with Crippen molar-refractivity contribution in [3.05, 3.63) is 59.4 Å². The number of hydrogen-bond acceptors (Lipinski definition) is 3. The number of hydrogen-bond donors (Lipinski definition) is 2. The standard InChI is InChI=1S/C21H28FN3O2.HI/c1-23-21(25-13-11-17-6-4-8-18(22)14-17)24-12-5-7-16-9-10-19(26-2)20(15-16)27-3;/h4,6,8-10,14-15H,5,7,11-13H2,1-3H3,(H2,23,24,25);1H. The lowest BCUT2D eigenvalue weighted by Gasteiger charge is -2.12. The van der Waals surface area contributed by atoms with E-state index in [1.807, 2.05) is 24.3 Å². The van der Waals surface area contributed by atoms with Gasteiger partial charge in [-0.25, -0.2) is 4.39 Å². The molecule has 2 aromatic rings. The molecular weight excluding hydrogens is 472 g/mol. The Bertz CT molecular complexity index is 756. The van der Waals surface area contributed by atoms with Gasteiger partial charge in [-0.2, -0.15) is 0 Å². The highest BCUT2D eigenvalue weighted by Crippen LogP contribution is 2.27. The van der Waals surface area contributed by atoms with Gasteiger partial charge in [-0.15, -0.1) is 24.0 Å². The molecule has 0 bridgehead atoms. The minimum atomic E-state index is -0.204. The van der Waals surface area contributed by atoms with Crippen LogP contribution in [-0.4, -0.2) is 40.3 Å². The van der Waals surface area contributed by atoms with Gasteiger partial charge >= 0.3 is 0 Å². The second-order valence-corrected chi connectivity index (χ2v) is 6.10. The van der Waals surface area contributed by atoms with Gasteiger partial charge < -0.3 is 20.1 Å². The number of ether oxygens (including phenoxy) is 2. The SMILES string of the molecule is CN=C(NCCCc1ccc(OC)c(OC)c1)NCCc1cccc(F)c1.I. The number of halogens is 2. The zero-order valence-electron chi connectivity index (χ0n) is 16.6. The molecule has 0 radical (unpaired) electrons. The molecule has 28 heavy (non-hydrogen) atoms. The highest BCUT2D eigenvalue weighted by molar-refractivity contribution is 14.0. The van der Waals surface area contributed by atoms with E-state index in [4.69, 9.17) is 9.47 Å². The van der Waals surface area contributed by atoms with Gasteiger partial charge in [0.1, 0.15) is 5.82 Å². The van der Waals surface area contributed by atoms with Crippen molar-refractivity contribution in [2.45, 2.75) is 19.3 Å². The number of benzene rings is 2. The van der Waals surface area contributed by atoms with Gasteiger partial charge in [0.25, 0.3) is 0 Å². The van der Waals surface area contributed by atoms with E-state index in [1.54, 1.807) is 33.4 Å². The van der Waals surface area contributed by atoms with E-state index in [0.717, 1.165) is 48.8 Å². The molecule has 5 nitrogen and oxygen atoms in total. The van der Waals surface area contributed by atoms with Crippen LogP contribution in [0.3, 0.4) is 0 Å². The molecule has 0 heterocycles. The maximum absolute atomic E-state index is 13.2. The summed E-state index contributed by atoms with van der Waals surface area (Å²) in [6.45, 7) is 1.49. The summed E-state index contributed by atoms with van der Waals surface area (Å²) in [5.74, 6) is 2.03. The minimum absolute atomic E-state index is 0. The molecule has 0 unspecified atom stereocenters. The van der Waals surface area contributed by atoms with E-state index in [9.17, 15) is 4.39 Å². The van der Waals surface area contributed by atoms with Gasteiger partial charge in [-0.1, -0.05) is 18.2 Å². The molecule has 0 fully saturated rings. The largest absolute Gasteiger partial charge is 0.493 e. The predicted molar refractivity (Wildman–Crippen MR) is 123 cm³/mol.